The number of nitrogens with one attached hydrogen (secondary N) is 1. The molecule has 4 atom stereocenters. The van der Waals surface area contributed by atoms with Crippen molar-refractivity contribution in [3.63, 3.8) is 0 Å². The molecule has 0 saturated heterocycles. The predicted molar refractivity (Wildman–Crippen MR) is 64.8 cm³/mol. The fourth-order valence-electron chi connectivity index (χ4n) is 3.28. The molecular formula is C13H20N2O2. The largest absolute Gasteiger partial charge is 0.368 e. The maximum atomic E-state index is 11.4. The fraction of sp³-hybridized carbons (Fsp3) is 0.692. The number of primary amides is 1. The van der Waals surface area contributed by atoms with E-state index >= 15 is 0 Å². The smallest absolute Gasteiger partial charge is 0.244 e. The van der Waals surface area contributed by atoms with Gasteiger partial charge in [-0.3, -0.25) is 9.59 Å². The molecule has 4 unspecified atom stereocenters. The van der Waals surface area contributed by atoms with Gasteiger partial charge in [0.25, 0.3) is 0 Å². The van der Waals surface area contributed by atoms with Gasteiger partial charge in [0.15, 0.2) is 0 Å². The van der Waals surface area contributed by atoms with Crippen LogP contribution in [0.5, 0.6) is 0 Å². The second kappa shape index (κ2) is 4.51. The highest BCUT2D eigenvalue weighted by atomic mass is 16.2. The van der Waals surface area contributed by atoms with E-state index < -0.39 is 5.91 Å². The van der Waals surface area contributed by atoms with Crippen molar-refractivity contribution in [2.75, 3.05) is 6.54 Å². The molecule has 2 amide bonds. The number of rotatable bonds is 4. The molecule has 4 heteroatoms. The Bertz CT molecular complexity index is 350. The molecule has 0 aromatic rings. The summed E-state index contributed by atoms with van der Waals surface area (Å²) in [6.45, 7) is 4.44. The van der Waals surface area contributed by atoms with Gasteiger partial charge in [0.05, 0.1) is 6.54 Å². The zero-order valence-corrected chi connectivity index (χ0v) is 10.3. The van der Waals surface area contributed by atoms with Gasteiger partial charge in [-0.15, -0.1) is 0 Å². The van der Waals surface area contributed by atoms with Crippen molar-refractivity contribution in [2.24, 2.45) is 35.3 Å². The molecule has 0 spiro atoms. The molecule has 17 heavy (non-hydrogen) atoms. The van der Waals surface area contributed by atoms with E-state index in [4.69, 9.17) is 5.73 Å². The van der Waals surface area contributed by atoms with Crippen LogP contribution in [0.25, 0.3) is 0 Å². The standard InChI is InChI=1S/C13H20N2O2/c1-7-9(8(2)11-5-10(7)11)3-4-13(17)15-6-12(14)16/h3-4,7-11H,5-6H2,1-2H3,(H2,14,16)(H,15,17)/b4-3+. The van der Waals surface area contributed by atoms with Crippen molar-refractivity contribution >= 4 is 11.8 Å². The topological polar surface area (TPSA) is 72.2 Å². The van der Waals surface area contributed by atoms with Gasteiger partial charge in [0.2, 0.25) is 11.8 Å². The summed E-state index contributed by atoms with van der Waals surface area (Å²) in [5.41, 5.74) is 4.95. The van der Waals surface area contributed by atoms with Crippen molar-refractivity contribution < 1.29 is 9.59 Å². The summed E-state index contributed by atoms with van der Waals surface area (Å²) in [5, 5.41) is 2.46. The van der Waals surface area contributed by atoms with Crippen LogP contribution in [0.3, 0.4) is 0 Å². The van der Waals surface area contributed by atoms with Crippen molar-refractivity contribution in [2.45, 2.75) is 20.3 Å². The summed E-state index contributed by atoms with van der Waals surface area (Å²) in [4.78, 5) is 21.9. The van der Waals surface area contributed by atoms with Gasteiger partial charge in [-0.05, 0) is 42.1 Å². The van der Waals surface area contributed by atoms with Crippen molar-refractivity contribution in [1.82, 2.24) is 5.32 Å². The van der Waals surface area contributed by atoms with Crippen LogP contribution >= 0.6 is 0 Å². The minimum Gasteiger partial charge on any atom is -0.368 e. The summed E-state index contributed by atoms with van der Waals surface area (Å²) in [6, 6.07) is 0. The zero-order valence-electron chi connectivity index (χ0n) is 10.3. The normalized spacial score (nSPS) is 39.1. The molecule has 2 fully saturated rings. The number of hydrogen-bond acceptors (Lipinski definition) is 2. The van der Waals surface area contributed by atoms with Gasteiger partial charge >= 0.3 is 0 Å². The third-order valence-electron chi connectivity index (χ3n) is 4.36. The van der Waals surface area contributed by atoms with E-state index in [1.54, 1.807) is 6.08 Å². The Hall–Kier alpha value is -1.32. The Kier molecular flexibility index (Phi) is 3.22. The highest BCUT2D eigenvalue weighted by molar-refractivity contribution is 5.90. The van der Waals surface area contributed by atoms with E-state index in [-0.39, 0.29) is 12.5 Å². The molecule has 0 radical (unpaired) electrons. The average molecular weight is 236 g/mol. The van der Waals surface area contributed by atoms with Crippen LogP contribution in [0.1, 0.15) is 20.3 Å². The first-order valence-electron chi connectivity index (χ1n) is 6.25. The van der Waals surface area contributed by atoms with Crippen molar-refractivity contribution in [1.29, 1.82) is 0 Å². The molecule has 2 saturated carbocycles. The van der Waals surface area contributed by atoms with Gasteiger partial charge in [-0.1, -0.05) is 19.9 Å². The van der Waals surface area contributed by atoms with E-state index in [1.165, 1.54) is 6.42 Å². The Labute approximate surface area is 102 Å². The van der Waals surface area contributed by atoms with Crippen LogP contribution in [-0.2, 0) is 9.59 Å². The summed E-state index contributed by atoms with van der Waals surface area (Å²) < 4.78 is 0. The third kappa shape index (κ3) is 2.51. The van der Waals surface area contributed by atoms with Crippen molar-refractivity contribution in [3.8, 4) is 0 Å². The van der Waals surface area contributed by atoms with Crippen LogP contribution in [0.2, 0.25) is 0 Å². The molecule has 2 aliphatic carbocycles. The first-order chi connectivity index (χ1) is 8.00. The second-order valence-corrected chi connectivity index (χ2v) is 5.40. The van der Waals surface area contributed by atoms with Gasteiger partial charge < -0.3 is 11.1 Å². The Morgan fingerprint density at radius 2 is 1.88 bits per heavy atom. The number of fused-ring (bicyclic) bond motifs is 1. The lowest BCUT2D eigenvalue weighted by Gasteiger charge is -2.19. The van der Waals surface area contributed by atoms with Crippen LogP contribution < -0.4 is 11.1 Å². The fourth-order valence-corrected chi connectivity index (χ4v) is 3.28. The number of carbonyl (C=O) groups is 2. The Balaban J connectivity index is 1.84. The van der Waals surface area contributed by atoms with Crippen molar-refractivity contribution in [3.05, 3.63) is 12.2 Å². The molecule has 0 aromatic heterocycles. The molecule has 0 bridgehead atoms. The van der Waals surface area contributed by atoms with Crippen LogP contribution in [0, 0.1) is 29.6 Å². The lowest BCUT2D eigenvalue weighted by atomic mass is 9.86. The first kappa shape index (κ1) is 12.1. The lowest BCUT2D eigenvalue weighted by molar-refractivity contribution is -0.122. The molecule has 0 aliphatic heterocycles. The summed E-state index contributed by atoms with van der Waals surface area (Å²) >= 11 is 0. The second-order valence-electron chi connectivity index (χ2n) is 5.40. The van der Waals surface area contributed by atoms with E-state index in [9.17, 15) is 9.59 Å². The van der Waals surface area contributed by atoms with E-state index in [0.717, 1.165) is 11.8 Å². The molecule has 3 N–H and O–H groups in total. The molecule has 0 heterocycles. The van der Waals surface area contributed by atoms with E-state index in [0.29, 0.717) is 17.8 Å². The number of carbonyl (C=O) groups excluding carboxylic acids is 2. The van der Waals surface area contributed by atoms with Gasteiger partial charge in [-0.2, -0.15) is 0 Å². The van der Waals surface area contributed by atoms with Gasteiger partial charge in [0, 0.05) is 0 Å². The monoisotopic (exact) mass is 236 g/mol. The Morgan fingerprint density at radius 1 is 1.29 bits per heavy atom. The summed E-state index contributed by atoms with van der Waals surface area (Å²) in [6.07, 6.45) is 4.91. The number of nitrogens with two attached hydrogens (primary N) is 1. The molecule has 4 nitrogen and oxygen atoms in total. The summed E-state index contributed by atoms with van der Waals surface area (Å²) in [7, 11) is 0. The number of hydrogen-bond donors (Lipinski definition) is 2. The maximum Gasteiger partial charge on any atom is 0.244 e. The zero-order chi connectivity index (χ0) is 12.6. The first-order valence-corrected chi connectivity index (χ1v) is 6.25. The predicted octanol–water partition coefficient (Wildman–Crippen LogP) is 0.682. The quantitative estimate of drug-likeness (QED) is 0.705. The highest BCUT2D eigenvalue weighted by Crippen LogP contribution is 2.61. The number of allylic oxidation sites excluding steroid dienone is 1. The van der Waals surface area contributed by atoms with Crippen LogP contribution in [0.4, 0.5) is 0 Å². The minimum atomic E-state index is -0.518. The van der Waals surface area contributed by atoms with Gasteiger partial charge in [-0.25, -0.2) is 0 Å². The van der Waals surface area contributed by atoms with Gasteiger partial charge in [0.1, 0.15) is 0 Å². The maximum absolute atomic E-state index is 11.4. The highest BCUT2D eigenvalue weighted by Gasteiger charge is 2.54. The minimum absolute atomic E-state index is 0.0931. The molecule has 2 rings (SSSR count). The SMILES string of the molecule is CC1C(/C=C/C(=O)NCC(N)=O)C(C)C2CC12. The molecule has 0 aromatic carbocycles. The van der Waals surface area contributed by atoms with E-state index in [2.05, 4.69) is 19.2 Å². The Morgan fingerprint density at radius 3 is 2.41 bits per heavy atom. The van der Waals surface area contributed by atoms with Crippen LogP contribution in [-0.4, -0.2) is 18.4 Å². The molecular weight excluding hydrogens is 216 g/mol. The lowest BCUT2D eigenvalue weighted by Crippen LogP contribution is -2.32. The molecule has 2 aliphatic rings. The third-order valence-corrected chi connectivity index (χ3v) is 4.36. The van der Waals surface area contributed by atoms with E-state index in [1.807, 2.05) is 6.08 Å². The van der Waals surface area contributed by atoms with Crippen LogP contribution in [0.15, 0.2) is 12.2 Å². The molecule has 94 valence electrons. The number of amides is 2. The average Bonchev–Trinajstić information content (AvgIpc) is 3.01. The summed E-state index contributed by atoms with van der Waals surface area (Å²) in [5.74, 6) is 2.84.